The van der Waals surface area contributed by atoms with Gasteiger partial charge in [0.1, 0.15) is 11.5 Å². The van der Waals surface area contributed by atoms with Gasteiger partial charge in [-0.2, -0.15) is 0 Å². The van der Waals surface area contributed by atoms with Gasteiger partial charge in [0.05, 0.1) is 19.5 Å². The number of benzene rings is 2. The van der Waals surface area contributed by atoms with E-state index in [1.165, 1.54) is 4.57 Å². The number of aromatic amines is 1. The number of anilines is 2. The van der Waals surface area contributed by atoms with Crippen molar-refractivity contribution in [3.63, 3.8) is 0 Å². The van der Waals surface area contributed by atoms with Gasteiger partial charge in [-0.1, -0.05) is 60.7 Å². The Bertz CT molecular complexity index is 1290. The van der Waals surface area contributed by atoms with Crippen LogP contribution in [0.15, 0.2) is 74.7 Å². The first-order chi connectivity index (χ1) is 15.5. The van der Waals surface area contributed by atoms with Gasteiger partial charge in [0, 0.05) is 6.54 Å². The molecule has 2 heterocycles. The highest BCUT2D eigenvalue weighted by Crippen LogP contribution is 2.20. The van der Waals surface area contributed by atoms with Crippen LogP contribution in [-0.4, -0.2) is 26.3 Å². The molecule has 4 rings (SSSR count). The van der Waals surface area contributed by atoms with E-state index in [1.807, 2.05) is 67.6 Å². The van der Waals surface area contributed by atoms with Crippen LogP contribution in [0.5, 0.6) is 0 Å². The lowest BCUT2D eigenvalue weighted by atomic mass is 10.2. The topological polar surface area (TPSA) is 123 Å². The summed E-state index contributed by atoms with van der Waals surface area (Å²) in [6.45, 7) is 2.77. The molecule has 3 N–H and O–H groups in total. The average Bonchev–Trinajstić information content (AvgIpc) is 3.24. The number of nitrogen functional groups attached to an aromatic ring is 1. The van der Waals surface area contributed by atoms with Crippen LogP contribution in [0.2, 0.25) is 0 Å². The van der Waals surface area contributed by atoms with Crippen LogP contribution in [0.4, 0.5) is 11.5 Å². The second kappa shape index (κ2) is 9.34. The SMILES string of the molecule is CCN(Cc1nnc(Cc2ccccc2)o1)c1c(N)n(Cc2ccccc2)c(=O)[nH]c1=O. The van der Waals surface area contributed by atoms with Crippen molar-refractivity contribution in [3.8, 4) is 0 Å². The first-order valence-corrected chi connectivity index (χ1v) is 10.3. The largest absolute Gasteiger partial charge is 0.423 e. The minimum atomic E-state index is -0.556. The van der Waals surface area contributed by atoms with Crippen LogP contribution in [0.1, 0.15) is 29.8 Å². The van der Waals surface area contributed by atoms with Crippen molar-refractivity contribution in [1.82, 2.24) is 19.7 Å². The van der Waals surface area contributed by atoms with E-state index in [4.69, 9.17) is 10.2 Å². The van der Waals surface area contributed by atoms with Gasteiger partial charge in [0.2, 0.25) is 11.8 Å². The number of H-pyrrole nitrogens is 1. The van der Waals surface area contributed by atoms with E-state index in [2.05, 4.69) is 15.2 Å². The van der Waals surface area contributed by atoms with Crippen molar-refractivity contribution >= 4 is 11.5 Å². The number of nitrogens with one attached hydrogen (secondary N) is 1. The van der Waals surface area contributed by atoms with Gasteiger partial charge in [-0.25, -0.2) is 4.79 Å². The Labute approximate surface area is 184 Å². The van der Waals surface area contributed by atoms with E-state index >= 15 is 0 Å². The maximum atomic E-state index is 12.6. The molecule has 9 heteroatoms. The van der Waals surface area contributed by atoms with Gasteiger partial charge in [-0.3, -0.25) is 14.3 Å². The number of nitrogens with zero attached hydrogens (tertiary/aromatic N) is 4. The molecule has 0 aliphatic rings. The zero-order valence-electron chi connectivity index (χ0n) is 17.7. The highest BCUT2D eigenvalue weighted by molar-refractivity contribution is 5.62. The van der Waals surface area contributed by atoms with Crippen molar-refractivity contribution < 1.29 is 4.42 Å². The zero-order valence-corrected chi connectivity index (χ0v) is 17.7. The van der Waals surface area contributed by atoms with E-state index in [9.17, 15) is 9.59 Å². The van der Waals surface area contributed by atoms with Crippen LogP contribution in [0, 0.1) is 0 Å². The van der Waals surface area contributed by atoms with E-state index in [-0.39, 0.29) is 24.6 Å². The standard InChI is InChI=1S/C23H24N6O3/c1-2-28(15-19-27-26-18(32-19)13-16-9-5-3-6-10-16)20-21(24)29(23(31)25-22(20)30)14-17-11-7-4-8-12-17/h3-12H,2,13-15,24H2,1H3,(H,25,30,31). The second-order valence-corrected chi connectivity index (χ2v) is 7.33. The lowest BCUT2D eigenvalue weighted by molar-refractivity contribution is 0.453. The quantitative estimate of drug-likeness (QED) is 0.437. The minimum absolute atomic E-state index is 0.0912. The normalized spacial score (nSPS) is 10.9. The summed E-state index contributed by atoms with van der Waals surface area (Å²) in [4.78, 5) is 29.2. The van der Waals surface area contributed by atoms with E-state index in [0.29, 0.717) is 24.7 Å². The number of hydrogen-bond donors (Lipinski definition) is 2. The monoisotopic (exact) mass is 432 g/mol. The van der Waals surface area contributed by atoms with Crippen molar-refractivity contribution in [2.45, 2.75) is 26.4 Å². The van der Waals surface area contributed by atoms with Crippen LogP contribution < -0.4 is 21.9 Å². The Morgan fingerprint density at radius 1 is 0.969 bits per heavy atom. The average molecular weight is 432 g/mol. The number of hydrogen-bond acceptors (Lipinski definition) is 7. The van der Waals surface area contributed by atoms with Gasteiger partial charge >= 0.3 is 5.69 Å². The smallest absolute Gasteiger partial charge is 0.330 e. The first kappa shape index (κ1) is 21.1. The van der Waals surface area contributed by atoms with Crippen molar-refractivity contribution in [3.05, 3.63) is 104 Å². The Balaban J connectivity index is 1.60. The summed E-state index contributed by atoms with van der Waals surface area (Å²) in [6, 6.07) is 19.2. The lowest BCUT2D eigenvalue weighted by Crippen LogP contribution is -2.38. The van der Waals surface area contributed by atoms with E-state index in [0.717, 1.165) is 11.1 Å². The fourth-order valence-electron chi connectivity index (χ4n) is 3.51. The van der Waals surface area contributed by atoms with Gasteiger partial charge < -0.3 is 15.1 Å². The van der Waals surface area contributed by atoms with Gasteiger partial charge in [-0.05, 0) is 18.1 Å². The molecular formula is C23H24N6O3. The summed E-state index contributed by atoms with van der Waals surface area (Å²) in [7, 11) is 0. The third-order valence-corrected chi connectivity index (χ3v) is 5.13. The third kappa shape index (κ3) is 4.61. The van der Waals surface area contributed by atoms with Gasteiger partial charge in [0.25, 0.3) is 5.56 Å². The molecule has 0 aliphatic heterocycles. The molecule has 0 atom stereocenters. The molecule has 0 bridgehead atoms. The van der Waals surface area contributed by atoms with Crippen molar-refractivity contribution in [2.24, 2.45) is 0 Å². The Morgan fingerprint density at radius 3 is 2.25 bits per heavy atom. The third-order valence-electron chi connectivity index (χ3n) is 5.13. The predicted octanol–water partition coefficient (Wildman–Crippen LogP) is 2.17. The molecule has 9 nitrogen and oxygen atoms in total. The Hall–Kier alpha value is -4.14. The maximum Gasteiger partial charge on any atom is 0.330 e. The molecule has 0 unspecified atom stereocenters. The molecule has 0 amide bonds. The molecule has 164 valence electrons. The highest BCUT2D eigenvalue weighted by Gasteiger charge is 2.20. The van der Waals surface area contributed by atoms with Gasteiger partial charge in [0.15, 0.2) is 0 Å². The second-order valence-electron chi connectivity index (χ2n) is 7.33. The highest BCUT2D eigenvalue weighted by atomic mass is 16.4. The van der Waals surface area contributed by atoms with Crippen molar-refractivity contribution in [1.29, 1.82) is 0 Å². The maximum absolute atomic E-state index is 12.6. The molecule has 0 spiro atoms. The van der Waals surface area contributed by atoms with E-state index < -0.39 is 11.2 Å². The summed E-state index contributed by atoms with van der Waals surface area (Å²) in [6.07, 6.45) is 0.518. The summed E-state index contributed by atoms with van der Waals surface area (Å²) >= 11 is 0. The first-order valence-electron chi connectivity index (χ1n) is 10.3. The van der Waals surface area contributed by atoms with Gasteiger partial charge in [-0.15, -0.1) is 10.2 Å². The summed E-state index contributed by atoms with van der Waals surface area (Å²) < 4.78 is 7.14. The molecule has 0 saturated heterocycles. The van der Waals surface area contributed by atoms with Crippen LogP contribution in [-0.2, 0) is 19.5 Å². The van der Waals surface area contributed by atoms with Crippen LogP contribution >= 0.6 is 0 Å². The molecular weight excluding hydrogens is 408 g/mol. The molecule has 0 fully saturated rings. The Morgan fingerprint density at radius 2 is 1.59 bits per heavy atom. The lowest BCUT2D eigenvalue weighted by Gasteiger charge is -2.23. The van der Waals surface area contributed by atoms with Crippen LogP contribution in [0.25, 0.3) is 0 Å². The number of nitrogens with two attached hydrogens (primary N) is 1. The molecule has 32 heavy (non-hydrogen) atoms. The predicted molar refractivity (Wildman–Crippen MR) is 122 cm³/mol. The molecule has 0 saturated carbocycles. The van der Waals surface area contributed by atoms with E-state index in [1.54, 1.807) is 4.90 Å². The summed E-state index contributed by atoms with van der Waals surface area (Å²) in [5, 5.41) is 8.22. The molecule has 0 radical (unpaired) electrons. The molecule has 2 aromatic heterocycles. The number of aromatic nitrogens is 4. The fourth-order valence-corrected chi connectivity index (χ4v) is 3.51. The van der Waals surface area contributed by atoms with Crippen molar-refractivity contribution in [2.75, 3.05) is 17.2 Å². The van der Waals surface area contributed by atoms with Crippen LogP contribution in [0.3, 0.4) is 0 Å². The molecule has 0 aliphatic carbocycles. The Kier molecular flexibility index (Phi) is 6.16. The molecule has 4 aromatic rings. The minimum Gasteiger partial charge on any atom is -0.423 e. The fraction of sp³-hybridized carbons (Fsp3) is 0.217. The summed E-state index contributed by atoms with van der Waals surface area (Å²) in [5.74, 6) is 0.934. The summed E-state index contributed by atoms with van der Waals surface area (Å²) in [5.41, 5.74) is 7.35. The molecule has 2 aromatic carbocycles. The zero-order chi connectivity index (χ0) is 22.5. The number of rotatable bonds is 8.